The number of anilines is 1. The number of imidazole rings is 1. The molecule has 1 aliphatic rings. The minimum Gasteiger partial charge on any atom is -0.388 e. The molecular formula is C31H31F4N3O3. The summed E-state index contributed by atoms with van der Waals surface area (Å²) >= 11 is 0. The molecule has 10 heteroatoms. The molecule has 0 radical (unpaired) electrons. The fraction of sp³-hybridized carbons (Fsp3) is 0.355. The van der Waals surface area contributed by atoms with Gasteiger partial charge in [0.15, 0.2) is 0 Å². The molecule has 1 amide bonds. The van der Waals surface area contributed by atoms with Crippen molar-refractivity contribution in [3.05, 3.63) is 83.4 Å². The molecule has 1 aliphatic carbocycles. The third-order valence-corrected chi connectivity index (χ3v) is 7.82. The predicted molar refractivity (Wildman–Crippen MR) is 148 cm³/mol. The molecule has 3 aromatic carbocycles. The number of carbonyl (C=O) groups is 1. The van der Waals surface area contributed by atoms with E-state index in [2.05, 4.69) is 10.3 Å². The zero-order valence-corrected chi connectivity index (χ0v) is 22.7. The zero-order valence-electron chi connectivity index (χ0n) is 22.7. The Bertz CT molecular complexity index is 1550. The summed E-state index contributed by atoms with van der Waals surface area (Å²) in [6.07, 6.45) is -3.19. The molecule has 0 aliphatic heterocycles. The van der Waals surface area contributed by atoms with Gasteiger partial charge in [0, 0.05) is 19.6 Å². The number of aryl methyl sites for hydroxylation is 1. The van der Waals surface area contributed by atoms with Crippen LogP contribution < -0.4 is 5.32 Å². The van der Waals surface area contributed by atoms with Crippen LogP contribution in [0.3, 0.4) is 0 Å². The molecule has 216 valence electrons. The van der Waals surface area contributed by atoms with Gasteiger partial charge in [0.25, 0.3) is 0 Å². The van der Waals surface area contributed by atoms with Crippen molar-refractivity contribution in [1.82, 2.24) is 9.55 Å². The van der Waals surface area contributed by atoms with Crippen LogP contribution >= 0.6 is 0 Å². The molecule has 6 nitrogen and oxygen atoms in total. The number of aliphatic hydroxyl groups is 1. The fourth-order valence-electron chi connectivity index (χ4n) is 5.67. The first-order chi connectivity index (χ1) is 19.6. The lowest BCUT2D eigenvalue weighted by Crippen LogP contribution is -2.35. The Morgan fingerprint density at radius 1 is 1.05 bits per heavy atom. The van der Waals surface area contributed by atoms with Crippen LogP contribution in [-0.2, 0) is 29.4 Å². The van der Waals surface area contributed by atoms with E-state index in [0.29, 0.717) is 31.3 Å². The van der Waals surface area contributed by atoms with Crippen molar-refractivity contribution in [2.45, 2.75) is 51.0 Å². The highest BCUT2D eigenvalue weighted by Crippen LogP contribution is 2.39. The highest BCUT2D eigenvalue weighted by molar-refractivity contribution is 5.93. The maximum Gasteiger partial charge on any atom is 0.416 e. The quantitative estimate of drug-likeness (QED) is 0.240. The number of amides is 1. The van der Waals surface area contributed by atoms with E-state index in [1.54, 1.807) is 0 Å². The van der Waals surface area contributed by atoms with Crippen LogP contribution in [0.4, 0.5) is 23.2 Å². The standard InChI is InChI=1S/C31H31F4N3O3/c1-3-41-24-13-21(12-22(14-24)30(40)37-26-10-9-23(16-25(26)32)31(33,34)35)19-6-4-18(5-7-19)20-8-11-28-27(15-20)36-29(17-39)38(28)2/h4-11,15-16,21-22,24,39H,3,12-14,17H2,1-2H3,(H,37,40). The van der Waals surface area contributed by atoms with Gasteiger partial charge in [-0.15, -0.1) is 0 Å². The van der Waals surface area contributed by atoms with Crippen LogP contribution in [0.1, 0.15) is 49.1 Å². The third kappa shape index (κ3) is 6.13. The zero-order chi connectivity index (χ0) is 29.3. The van der Waals surface area contributed by atoms with Crippen LogP contribution in [0, 0.1) is 11.7 Å². The van der Waals surface area contributed by atoms with E-state index in [1.165, 1.54) is 0 Å². The molecule has 4 aromatic rings. The second-order valence-corrected chi connectivity index (χ2v) is 10.4. The fourth-order valence-corrected chi connectivity index (χ4v) is 5.67. The molecule has 1 aromatic heterocycles. The first-order valence-corrected chi connectivity index (χ1v) is 13.5. The number of halogens is 4. The largest absolute Gasteiger partial charge is 0.416 e. The highest BCUT2D eigenvalue weighted by atomic mass is 19.4. The first kappa shape index (κ1) is 28.8. The lowest BCUT2D eigenvalue weighted by atomic mass is 9.76. The maximum atomic E-state index is 14.4. The lowest BCUT2D eigenvalue weighted by Gasteiger charge is -2.34. The first-order valence-electron chi connectivity index (χ1n) is 13.5. The summed E-state index contributed by atoms with van der Waals surface area (Å²) < 4.78 is 60.9. The van der Waals surface area contributed by atoms with Gasteiger partial charge in [-0.2, -0.15) is 13.2 Å². The molecule has 0 bridgehead atoms. The smallest absolute Gasteiger partial charge is 0.388 e. The topological polar surface area (TPSA) is 76.4 Å². The minimum absolute atomic E-state index is 0.00735. The SMILES string of the molecule is CCOC1CC(C(=O)Nc2ccc(C(F)(F)F)cc2F)CC(c2ccc(-c3ccc4c(c3)nc(CO)n4C)cc2)C1. The minimum atomic E-state index is -4.67. The molecule has 1 heterocycles. The highest BCUT2D eigenvalue weighted by Gasteiger charge is 2.35. The van der Waals surface area contributed by atoms with Crippen molar-refractivity contribution < 1.29 is 32.2 Å². The van der Waals surface area contributed by atoms with Gasteiger partial charge in [-0.1, -0.05) is 30.3 Å². The summed E-state index contributed by atoms with van der Waals surface area (Å²) in [5.74, 6) is -1.48. The molecule has 0 saturated heterocycles. The number of hydrogen-bond acceptors (Lipinski definition) is 4. The summed E-state index contributed by atoms with van der Waals surface area (Å²) in [7, 11) is 1.86. The number of hydrogen-bond donors (Lipinski definition) is 2. The Hall–Kier alpha value is -3.76. The van der Waals surface area contributed by atoms with Gasteiger partial charge in [0.2, 0.25) is 5.91 Å². The number of aliphatic hydroxyl groups excluding tert-OH is 1. The van der Waals surface area contributed by atoms with Gasteiger partial charge in [-0.25, -0.2) is 9.37 Å². The summed E-state index contributed by atoms with van der Waals surface area (Å²) in [5.41, 5.74) is 3.36. The number of benzene rings is 3. The van der Waals surface area contributed by atoms with E-state index in [9.17, 15) is 27.5 Å². The predicted octanol–water partition coefficient (Wildman–Crippen LogP) is 6.82. The Kier molecular flexibility index (Phi) is 8.15. The molecule has 3 atom stereocenters. The average Bonchev–Trinajstić information content (AvgIpc) is 3.28. The summed E-state index contributed by atoms with van der Waals surface area (Å²) in [6.45, 7) is 2.22. The number of fused-ring (bicyclic) bond motifs is 1. The Labute approximate surface area is 235 Å². The van der Waals surface area contributed by atoms with Gasteiger partial charge < -0.3 is 19.7 Å². The summed E-state index contributed by atoms with van der Waals surface area (Å²) in [5, 5.41) is 12.0. The number of nitrogens with zero attached hydrogens (tertiary/aromatic N) is 2. The van der Waals surface area contributed by atoms with E-state index < -0.39 is 29.4 Å². The van der Waals surface area contributed by atoms with Crippen molar-refractivity contribution in [3.63, 3.8) is 0 Å². The van der Waals surface area contributed by atoms with Gasteiger partial charge in [0.1, 0.15) is 18.2 Å². The van der Waals surface area contributed by atoms with E-state index in [0.717, 1.165) is 46.3 Å². The van der Waals surface area contributed by atoms with Gasteiger partial charge in [0.05, 0.1) is 28.4 Å². The maximum absolute atomic E-state index is 14.4. The van der Waals surface area contributed by atoms with Crippen molar-refractivity contribution in [3.8, 4) is 11.1 Å². The Morgan fingerprint density at radius 3 is 2.44 bits per heavy atom. The molecular weight excluding hydrogens is 538 g/mol. The van der Waals surface area contributed by atoms with Crippen LogP contribution in [-0.4, -0.2) is 33.3 Å². The van der Waals surface area contributed by atoms with Gasteiger partial charge in [-0.3, -0.25) is 4.79 Å². The van der Waals surface area contributed by atoms with Crippen LogP contribution in [0.2, 0.25) is 0 Å². The number of alkyl halides is 3. The third-order valence-electron chi connectivity index (χ3n) is 7.82. The van der Waals surface area contributed by atoms with Crippen LogP contribution in [0.5, 0.6) is 0 Å². The monoisotopic (exact) mass is 569 g/mol. The number of ether oxygens (including phenoxy) is 1. The molecule has 0 spiro atoms. The molecule has 1 saturated carbocycles. The number of aromatic nitrogens is 2. The lowest BCUT2D eigenvalue weighted by molar-refractivity contribution is -0.137. The normalized spacial score (nSPS) is 19.4. The molecule has 2 N–H and O–H groups in total. The van der Waals surface area contributed by atoms with Gasteiger partial charge in [-0.05, 0) is 79.1 Å². The second-order valence-electron chi connectivity index (χ2n) is 10.4. The van der Waals surface area contributed by atoms with E-state index in [-0.39, 0.29) is 24.3 Å². The Morgan fingerprint density at radius 2 is 1.78 bits per heavy atom. The van der Waals surface area contributed by atoms with E-state index >= 15 is 0 Å². The summed E-state index contributed by atoms with van der Waals surface area (Å²) in [6, 6.07) is 16.1. The number of carbonyl (C=O) groups excluding carboxylic acids is 1. The van der Waals surface area contributed by atoms with Crippen molar-refractivity contribution >= 4 is 22.6 Å². The summed E-state index contributed by atoms with van der Waals surface area (Å²) in [4.78, 5) is 17.6. The average molecular weight is 570 g/mol. The van der Waals surface area contributed by atoms with Crippen LogP contribution in [0.25, 0.3) is 22.2 Å². The van der Waals surface area contributed by atoms with E-state index in [1.807, 2.05) is 61.0 Å². The number of rotatable bonds is 7. The van der Waals surface area contributed by atoms with E-state index in [4.69, 9.17) is 4.74 Å². The van der Waals surface area contributed by atoms with Crippen molar-refractivity contribution in [1.29, 1.82) is 0 Å². The van der Waals surface area contributed by atoms with Crippen LogP contribution in [0.15, 0.2) is 60.7 Å². The molecule has 3 unspecified atom stereocenters. The van der Waals surface area contributed by atoms with Crippen molar-refractivity contribution in [2.75, 3.05) is 11.9 Å². The molecule has 41 heavy (non-hydrogen) atoms. The second kappa shape index (κ2) is 11.6. The van der Waals surface area contributed by atoms with Gasteiger partial charge >= 0.3 is 6.18 Å². The van der Waals surface area contributed by atoms with Crippen molar-refractivity contribution in [2.24, 2.45) is 13.0 Å². The Balaban J connectivity index is 1.33. The number of nitrogens with one attached hydrogen (secondary N) is 1. The molecule has 1 fully saturated rings. The molecule has 5 rings (SSSR count).